The molecule has 1 aromatic heterocycles. The van der Waals surface area contributed by atoms with E-state index < -0.39 is 6.04 Å². The van der Waals surface area contributed by atoms with Crippen LogP contribution in [0.5, 0.6) is 11.5 Å². The number of amides is 1. The summed E-state index contributed by atoms with van der Waals surface area (Å²) < 4.78 is 20.3. The van der Waals surface area contributed by atoms with Crippen molar-refractivity contribution in [2.45, 2.75) is 38.0 Å². The molecule has 9 heteroatoms. The smallest absolute Gasteiger partial charge is 0.245 e. The van der Waals surface area contributed by atoms with Gasteiger partial charge in [0.25, 0.3) is 0 Å². The predicted molar refractivity (Wildman–Crippen MR) is 139 cm³/mol. The maximum Gasteiger partial charge on any atom is 0.245 e. The second-order valence-corrected chi connectivity index (χ2v) is 9.30. The number of ether oxygens (including phenoxy) is 1. The van der Waals surface area contributed by atoms with Crippen molar-refractivity contribution in [2.24, 2.45) is 0 Å². The molecule has 1 fully saturated rings. The lowest BCUT2D eigenvalue weighted by atomic mass is 10.0. The highest BCUT2D eigenvalue weighted by Crippen LogP contribution is 2.24. The van der Waals surface area contributed by atoms with Crippen LogP contribution in [-0.2, 0) is 29.1 Å². The van der Waals surface area contributed by atoms with E-state index in [1.807, 2.05) is 42.5 Å². The van der Waals surface area contributed by atoms with Gasteiger partial charge in [0.2, 0.25) is 5.91 Å². The fraction of sp³-hybridized carbons (Fsp3) is 0.241. The van der Waals surface area contributed by atoms with Crippen molar-refractivity contribution in [3.05, 3.63) is 108 Å². The number of carbonyl (C=O) groups excluding carboxylic acids is 2. The molecule has 0 bridgehead atoms. The maximum absolute atomic E-state index is 13.4. The summed E-state index contributed by atoms with van der Waals surface area (Å²) in [7, 11) is 0. The SMILES string of the molecule is O=C(Cc1ccc(Oc2ccc(F)cc2)cc1)[C@@H]1C[C@H](NCc2ccccc2)CN1C(=O)Cn1cncn1. The summed E-state index contributed by atoms with van der Waals surface area (Å²) in [5, 5.41) is 7.53. The Labute approximate surface area is 220 Å². The van der Waals surface area contributed by atoms with Crippen LogP contribution in [0.2, 0.25) is 0 Å². The highest BCUT2D eigenvalue weighted by molar-refractivity contribution is 5.91. The molecule has 0 aliphatic carbocycles. The van der Waals surface area contributed by atoms with Crippen molar-refractivity contribution < 1.29 is 18.7 Å². The van der Waals surface area contributed by atoms with E-state index in [2.05, 4.69) is 15.4 Å². The summed E-state index contributed by atoms with van der Waals surface area (Å²) in [5.41, 5.74) is 1.97. The molecule has 194 valence electrons. The molecule has 38 heavy (non-hydrogen) atoms. The van der Waals surface area contributed by atoms with E-state index >= 15 is 0 Å². The van der Waals surface area contributed by atoms with Gasteiger partial charge in [0.1, 0.15) is 36.5 Å². The molecule has 1 aliphatic rings. The number of benzene rings is 3. The average molecular weight is 514 g/mol. The minimum Gasteiger partial charge on any atom is -0.457 e. The van der Waals surface area contributed by atoms with Gasteiger partial charge < -0.3 is 15.0 Å². The molecule has 1 amide bonds. The van der Waals surface area contributed by atoms with E-state index in [4.69, 9.17) is 4.74 Å². The van der Waals surface area contributed by atoms with E-state index in [1.165, 1.54) is 29.5 Å². The van der Waals surface area contributed by atoms with E-state index in [0.29, 0.717) is 31.0 Å². The number of aromatic nitrogens is 3. The van der Waals surface area contributed by atoms with Crippen molar-refractivity contribution in [2.75, 3.05) is 6.54 Å². The Bertz CT molecular complexity index is 1350. The second kappa shape index (κ2) is 11.8. The summed E-state index contributed by atoms with van der Waals surface area (Å²) in [6, 6.07) is 22.5. The van der Waals surface area contributed by atoms with Gasteiger partial charge in [-0.15, -0.1) is 0 Å². The fourth-order valence-corrected chi connectivity index (χ4v) is 4.60. The molecular weight excluding hydrogens is 485 g/mol. The first-order valence-electron chi connectivity index (χ1n) is 12.5. The van der Waals surface area contributed by atoms with Crippen LogP contribution in [-0.4, -0.2) is 50.0 Å². The quantitative estimate of drug-likeness (QED) is 0.347. The minimum absolute atomic E-state index is 0.00432. The molecule has 5 rings (SSSR count). The molecule has 0 radical (unpaired) electrons. The average Bonchev–Trinajstić information content (AvgIpc) is 3.61. The molecule has 0 saturated carbocycles. The molecule has 3 aromatic carbocycles. The van der Waals surface area contributed by atoms with Crippen LogP contribution in [0.1, 0.15) is 17.5 Å². The third kappa shape index (κ3) is 6.49. The Morgan fingerprint density at radius 3 is 2.34 bits per heavy atom. The molecule has 0 unspecified atom stereocenters. The molecule has 2 atom stereocenters. The van der Waals surface area contributed by atoms with Crippen LogP contribution in [0, 0.1) is 5.82 Å². The highest BCUT2D eigenvalue weighted by atomic mass is 19.1. The maximum atomic E-state index is 13.4. The summed E-state index contributed by atoms with van der Waals surface area (Å²) >= 11 is 0. The third-order valence-corrected chi connectivity index (χ3v) is 6.55. The molecule has 2 heterocycles. The van der Waals surface area contributed by atoms with Gasteiger partial charge in [-0.2, -0.15) is 5.10 Å². The standard InChI is InChI=1S/C29H28FN5O3/c30-23-8-12-26(13-9-23)38-25-10-6-21(7-11-25)14-28(36)27-15-24(32-16-22-4-2-1-3-5-22)17-35(27)29(37)18-34-20-31-19-33-34/h1-13,19-20,24,27,32H,14-18H2/t24-,27-/m0/s1. The van der Waals surface area contributed by atoms with E-state index in [9.17, 15) is 14.0 Å². The van der Waals surface area contributed by atoms with Gasteiger partial charge in [0.15, 0.2) is 5.78 Å². The van der Waals surface area contributed by atoms with Crippen LogP contribution in [0.25, 0.3) is 0 Å². The third-order valence-electron chi connectivity index (χ3n) is 6.55. The van der Waals surface area contributed by atoms with Gasteiger partial charge >= 0.3 is 0 Å². The molecular formula is C29H28FN5O3. The van der Waals surface area contributed by atoms with Crippen LogP contribution < -0.4 is 10.1 Å². The highest BCUT2D eigenvalue weighted by Gasteiger charge is 2.39. The predicted octanol–water partition coefficient (Wildman–Crippen LogP) is 3.78. The van der Waals surface area contributed by atoms with E-state index in [1.54, 1.807) is 29.2 Å². The lowest BCUT2D eigenvalue weighted by Crippen LogP contribution is -2.43. The molecule has 1 saturated heterocycles. The van der Waals surface area contributed by atoms with Crippen molar-refractivity contribution in [3.63, 3.8) is 0 Å². The van der Waals surface area contributed by atoms with Crippen LogP contribution in [0.15, 0.2) is 91.5 Å². The fourth-order valence-electron chi connectivity index (χ4n) is 4.60. The zero-order chi connectivity index (χ0) is 26.3. The van der Waals surface area contributed by atoms with Gasteiger partial charge in [-0.25, -0.2) is 14.1 Å². The molecule has 1 N–H and O–H groups in total. The number of nitrogens with zero attached hydrogens (tertiary/aromatic N) is 4. The summed E-state index contributed by atoms with van der Waals surface area (Å²) in [5.74, 6) is 0.596. The molecule has 1 aliphatic heterocycles. The minimum atomic E-state index is -0.533. The summed E-state index contributed by atoms with van der Waals surface area (Å²) in [4.78, 5) is 32.2. The number of hydrogen-bond donors (Lipinski definition) is 1. The summed E-state index contributed by atoms with van der Waals surface area (Å²) in [6.45, 7) is 1.14. The number of halogens is 1. The zero-order valence-electron chi connectivity index (χ0n) is 20.7. The number of Topliss-reactive ketones (excluding diaryl/α,β-unsaturated/α-hetero) is 1. The van der Waals surface area contributed by atoms with Gasteiger partial charge in [-0.3, -0.25) is 9.59 Å². The lowest BCUT2D eigenvalue weighted by molar-refractivity contribution is -0.138. The van der Waals surface area contributed by atoms with Crippen molar-refractivity contribution in [1.29, 1.82) is 0 Å². The first-order valence-corrected chi connectivity index (χ1v) is 12.5. The van der Waals surface area contributed by atoms with E-state index in [0.717, 1.165) is 11.1 Å². The lowest BCUT2D eigenvalue weighted by Gasteiger charge is -2.23. The molecule has 8 nitrogen and oxygen atoms in total. The van der Waals surface area contributed by atoms with E-state index in [-0.39, 0.29) is 36.5 Å². The largest absolute Gasteiger partial charge is 0.457 e. The molecule has 0 spiro atoms. The van der Waals surface area contributed by atoms with Crippen molar-refractivity contribution in [3.8, 4) is 11.5 Å². The first kappa shape index (κ1) is 25.3. The van der Waals surface area contributed by atoms with Crippen molar-refractivity contribution >= 4 is 11.7 Å². The second-order valence-electron chi connectivity index (χ2n) is 9.30. The monoisotopic (exact) mass is 513 g/mol. The number of likely N-dealkylation sites (tertiary alicyclic amines) is 1. The number of hydrogen-bond acceptors (Lipinski definition) is 6. The summed E-state index contributed by atoms with van der Waals surface area (Å²) in [6.07, 6.45) is 3.61. The number of carbonyl (C=O) groups is 2. The van der Waals surface area contributed by atoms with Crippen LogP contribution >= 0.6 is 0 Å². The van der Waals surface area contributed by atoms with Crippen LogP contribution in [0.4, 0.5) is 4.39 Å². The number of rotatable bonds is 10. The van der Waals surface area contributed by atoms with Gasteiger partial charge in [0.05, 0.1) is 6.04 Å². The van der Waals surface area contributed by atoms with Gasteiger partial charge in [-0.1, -0.05) is 42.5 Å². The van der Waals surface area contributed by atoms with Gasteiger partial charge in [0, 0.05) is 25.6 Å². The Morgan fingerprint density at radius 2 is 1.66 bits per heavy atom. The molecule has 4 aromatic rings. The topological polar surface area (TPSA) is 89.4 Å². The van der Waals surface area contributed by atoms with Crippen molar-refractivity contribution in [1.82, 2.24) is 25.0 Å². The van der Waals surface area contributed by atoms with Gasteiger partial charge in [-0.05, 0) is 53.9 Å². The zero-order valence-corrected chi connectivity index (χ0v) is 20.7. The number of nitrogens with one attached hydrogen (secondary N) is 1. The Hall–Kier alpha value is -4.37. The van der Waals surface area contributed by atoms with Crippen LogP contribution in [0.3, 0.4) is 0 Å². The Morgan fingerprint density at radius 1 is 0.947 bits per heavy atom. The normalized spacial score (nSPS) is 16.9. The Kier molecular flexibility index (Phi) is 7.84. The Balaban J connectivity index is 1.24. The number of ketones is 1. The first-order chi connectivity index (χ1) is 18.5.